The summed E-state index contributed by atoms with van der Waals surface area (Å²) in [5, 5.41) is 0.446. The minimum Gasteiger partial charge on any atom is -0.459 e. The van der Waals surface area contributed by atoms with Gasteiger partial charge < -0.3 is 23.7 Å². The van der Waals surface area contributed by atoms with E-state index in [4.69, 9.17) is 35.3 Å². The first-order valence-electron chi connectivity index (χ1n) is 13.2. The molecule has 0 saturated carbocycles. The SMILES string of the molecule is CC(C)C(=O)OC1O[C@H](COC(=O)c2ccc(Cl)cc2)[C@@](C#C[Si](C)(C)C)(OC(=O)C(C)C)[C@H]1OC(=O)C(C)C. The molecule has 1 aromatic rings. The molecule has 1 aliphatic heterocycles. The van der Waals surface area contributed by atoms with Crippen LogP contribution in [-0.2, 0) is 38.1 Å². The van der Waals surface area contributed by atoms with E-state index in [1.54, 1.807) is 53.7 Å². The van der Waals surface area contributed by atoms with Crippen molar-refractivity contribution in [3.05, 3.63) is 34.9 Å². The zero-order valence-electron chi connectivity index (χ0n) is 24.5. The van der Waals surface area contributed by atoms with Crippen LogP contribution in [0.1, 0.15) is 51.9 Å². The van der Waals surface area contributed by atoms with E-state index in [9.17, 15) is 19.2 Å². The number of hydrogen-bond acceptors (Lipinski definition) is 9. The molecular weight excluding hydrogens is 556 g/mol. The molecule has 2 rings (SSSR count). The predicted molar refractivity (Wildman–Crippen MR) is 151 cm³/mol. The number of carbonyl (C=O) groups is 4. The van der Waals surface area contributed by atoms with Crippen LogP contribution in [0.5, 0.6) is 0 Å². The molecule has 1 saturated heterocycles. The Labute approximate surface area is 242 Å². The first-order chi connectivity index (χ1) is 18.5. The van der Waals surface area contributed by atoms with Gasteiger partial charge in [0.15, 0.2) is 6.10 Å². The van der Waals surface area contributed by atoms with Gasteiger partial charge in [-0.1, -0.05) is 78.7 Å². The third kappa shape index (κ3) is 8.81. The van der Waals surface area contributed by atoms with Crippen molar-refractivity contribution in [3.63, 3.8) is 0 Å². The molecule has 0 aromatic heterocycles. The zero-order valence-corrected chi connectivity index (χ0v) is 26.3. The summed E-state index contributed by atoms with van der Waals surface area (Å²) in [5.41, 5.74) is 1.47. The predicted octanol–water partition coefficient (Wildman–Crippen LogP) is 4.81. The lowest BCUT2D eigenvalue weighted by Gasteiger charge is -2.34. The number of halogens is 1. The van der Waals surface area contributed by atoms with E-state index < -0.39 is 80.4 Å². The van der Waals surface area contributed by atoms with E-state index >= 15 is 0 Å². The second-order valence-corrected chi connectivity index (χ2v) is 16.8. The van der Waals surface area contributed by atoms with Crippen molar-refractivity contribution in [1.29, 1.82) is 0 Å². The average molecular weight is 595 g/mol. The molecule has 11 heteroatoms. The summed E-state index contributed by atoms with van der Waals surface area (Å²) in [6, 6.07) is 6.08. The molecule has 1 aromatic carbocycles. The quantitative estimate of drug-likeness (QED) is 0.172. The zero-order chi connectivity index (χ0) is 30.4. The van der Waals surface area contributed by atoms with Gasteiger partial charge in [0, 0.05) is 5.02 Å². The lowest BCUT2D eigenvalue weighted by atomic mass is 9.92. The standard InChI is InChI=1S/C29H39ClO9Si/c1-17(2)24(31)37-23-28(38-25(32)18(3)4)36-22(16-35-27(34)20-10-12-21(30)13-11-20)29(23,14-15-40(7,8)9)39-26(33)19(5)6/h10-13,17-19,22-23,28H,16H2,1-9H3/t22-,23+,28?,29-/m1/s1. The fraction of sp³-hybridized carbons (Fsp3) is 0.586. The summed E-state index contributed by atoms with van der Waals surface area (Å²) in [6.07, 6.45) is -4.19. The Morgan fingerprint density at radius 2 is 1.43 bits per heavy atom. The Bertz CT molecular complexity index is 1140. The van der Waals surface area contributed by atoms with Gasteiger partial charge in [0.25, 0.3) is 0 Å². The van der Waals surface area contributed by atoms with E-state index in [1.165, 1.54) is 12.1 Å². The molecule has 0 bridgehead atoms. The Morgan fingerprint density at radius 1 is 0.900 bits per heavy atom. The molecule has 1 unspecified atom stereocenters. The molecule has 0 aliphatic carbocycles. The molecule has 1 fully saturated rings. The lowest BCUT2D eigenvalue weighted by molar-refractivity contribution is -0.203. The second-order valence-electron chi connectivity index (χ2n) is 11.6. The fourth-order valence-electron chi connectivity index (χ4n) is 3.32. The summed E-state index contributed by atoms with van der Waals surface area (Å²) in [4.78, 5) is 51.4. The molecule has 40 heavy (non-hydrogen) atoms. The van der Waals surface area contributed by atoms with Gasteiger partial charge in [0.2, 0.25) is 18.0 Å². The van der Waals surface area contributed by atoms with Gasteiger partial charge in [-0.3, -0.25) is 14.4 Å². The number of benzene rings is 1. The van der Waals surface area contributed by atoms with Crippen LogP contribution in [-0.4, -0.2) is 62.7 Å². The summed E-state index contributed by atoms with van der Waals surface area (Å²) in [6.45, 7) is 15.3. The van der Waals surface area contributed by atoms with Crippen LogP contribution >= 0.6 is 11.6 Å². The van der Waals surface area contributed by atoms with E-state index in [-0.39, 0.29) is 5.56 Å². The maximum Gasteiger partial charge on any atom is 0.338 e. The molecule has 1 heterocycles. The molecule has 0 amide bonds. The largest absolute Gasteiger partial charge is 0.459 e. The highest BCUT2D eigenvalue weighted by Gasteiger charge is 2.64. The molecule has 0 radical (unpaired) electrons. The minimum absolute atomic E-state index is 0.228. The van der Waals surface area contributed by atoms with Gasteiger partial charge in [0.05, 0.1) is 23.3 Å². The highest BCUT2D eigenvalue weighted by molar-refractivity contribution is 6.83. The highest BCUT2D eigenvalue weighted by atomic mass is 35.5. The van der Waals surface area contributed by atoms with Gasteiger partial charge in [0.1, 0.15) is 14.7 Å². The van der Waals surface area contributed by atoms with Crippen molar-refractivity contribution in [1.82, 2.24) is 0 Å². The van der Waals surface area contributed by atoms with Gasteiger partial charge in [-0.2, -0.15) is 0 Å². The van der Waals surface area contributed by atoms with Crippen molar-refractivity contribution in [3.8, 4) is 11.5 Å². The molecule has 9 nitrogen and oxygen atoms in total. The van der Waals surface area contributed by atoms with Crippen LogP contribution in [0.25, 0.3) is 0 Å². The Kier molecular flexibility index (Phi) is 11.4. The number of rotatable bonds is 9. The number of hydrogen-bond donors (Lipinski definition) is 0. The molecule has 1 aliphatic rings. The molecule has 4 atom stereocenters. The second kappa shape index (κ2) is 13.7. The van der Waals surface area contributed by atoms with Gasteiger partial charge in [-0.15, -0.1) is 5.54 Å². The fourth-order valence-corrected chi connectivity index (χ4v) is 4.01. The normalized spacial score (nSPS) is 22.5. The van der Waals surface area contributed by atoms with Crippen molar-refractivity contribution >= 4 is 43.6 Å². The smallest absolute Gasteiger partial charge is 0.338 e. The van der Waals surface area contributed by atoms with Crippen LogP contribution in [0.4, 0.5) is 0 Å². The molecular formula is C29H39ClO9Si. The van der Waals surface area contributed by atoms with E-state index in [0.29, 0.717) is 5.02 Å². The molecule has 220 valence electrons. The minimum atomic E-state index is -2.12. The van der Waals surface area contributed by atoms with E-state index in [1.807, 2.05) is 19.6 Å². The maximum absolute atomic E-state index is 13.1. The first kappa shape index (κ1) is 33.3. The van der Waals surface area contributed by atoms with E-state index in [2.05, 4.69) is 11.5 Å². The summed E-state index contributed by atoms with van der Waals surface area (Å²) < 4.78 is 29.0. The van der Waals surface area contributed by atoms with Gasteiger partial charge >= 0.3 is 23.9 Å². The lowest BCUT2D eigenvalue weighted by Crippen LogP contribution is -2.55. The topological polar surface area (TPSA) is 114 Å². The van der Waals surface area contributed by atoms with Gasteiger partial charge in [-0.25, -0.2) is 4.79 Å². The number of ether oxygens (including phenoxy) is 5. The van der Waals surface area contributed by atoms with Crippen LogP contribution in [0.2, 0.25) is 24.7 Å². The van der Waals surface area contributed by atoms with Crippen LogP contribution in [0.15, 0.2) is 24.3 Å². The third-order valence-corrected chi connectivity index (χ3v) is 6.81. The average Bonchev–Trinajstić information content (AvgIpc) is 3.12. The molecule has 0 spiro atoms. The van der Waals surface area contributed by atoms with Crippen molar-refractivity contribution < 1.29 is 42.9 Å². The summed E-state index contributed by atoms with van der Waals surface area (Å²) in [7, 11) is -2.12. The number of carbonyl (C=O) groups excluding carboxylic acids is 4. The van der Waals surface area contributed by atoms with Crippen molar-refractivity contribution in [2.45, 2.75) is 85.3 Å². The van der Waals surface area contributed by atoms with Crippen LogP contribution in [0, 0.1) is 29.2 Å². The summed E-state index contributed by atoms with van der Waals surface area (Å²) in [5.74, 6) is -1.26. The van der Waals surface area contributed by atoms with Crippen molar-refractivity contribution in [2.75, 3.05) is 6.61 Å². The van der Waals surface area contributed by atoms with Crippen LogP contribution in [0.3, 0.4) is 0 Å². The highest BCUT2D eigenvalue weighted by Crippen LogP contribution is 2.39. The maximum atomic E-state index is 13.1. The first-order valence-corrected chi connectivity index (χ1v) is 17.1. The third-order valence-electron chi connectivity index (χ3n) is 5.68. The molecule has 0 N–H and O–H groups in total. The Morgan fingerprint density at radius 3 is 1.93 bits per heavy atom. The number of esters is 4. The van der Waals surface area contributed by atoms with Crippen LogP contribution < -0.4 is 0 Å². The summed E-state index contributed by atoms with van der Waals surface area (Å²) >= 11 is 5.92. The monoisotopic (exact) mass is 594 g/mol. The Balaban J connectivity index is 2.65. The van der Waals surface area contributed by atoms with Crippen molar-refractivity contribution in [2.24, 2.45) is 17.8 Å². The van der Waals surface area contributed by atoms with Gasteiger partial charge in [-0.05, 0) is 24.3 Å². The van der Waals surface area contributed by atoms with E-state index in [0.717, 1.165) is 0 Å². The Hall–Kier alpha value is -2.87.